The molecule has 0 N–H and O–H groups in total. The molecule has 0 radical (unpaired) electrons. The summed E-state index contributed by atoms with van der Waals surface area (Å²) in [5.74, 6) is -0.319. The Morgan fingerprint density at radius 1 is 1.47 bits per heavy atom. The second-order valence-electron chi connectivity index (χ2n) is 3.15. The summed E-state index contributed by atoms with van der Waals surface area (Å²) in [6, 6.07) is 6.68. The highest BCUT2D eigenvalue weighted by Gasteiger charge is 2.24. The minimum Gasteiger partial charge on any atom is -0.464 e. The zero-order chi connectivity index (χ0) is 11.4. The predicted molar refractivity (Wildman–Crippen MR) is 60.0 cm³/mol. The van der Waals surface area contributed by atoms with Gasteiger partial charge in [-0.3, -0.25) is 0 Å². The fraction of sp³-hybridized carbons (Fsp3) is 0.273. The van der Waals surface area contributed by atoms with E-state index in [0.29, 0.717) is 5.02 Å². The van der Waals surface area contributed by atoms with E-state index in [-0.39, 0.29) is 5.97 Å². The van der Waals surface area contributed by atoms with Gasteiger partial charge in [0.2, 0.25) is 5.69 Å². The molecule has 0 heterocycles. The minimum absolute atomic E-state index is 0.319. The van der Waals surface area contributed by atoms with Gasteiger partial charge in [0.15, 0.2) is 0 Å². The van der Waals surface area contributed by atoms with Crippen molar-refractivity contribution in [2.45, 2.75) is 13.0 Å². The normalized spacial score (nSPS) is 11.9. The Bertz CT molecular complexity index is 373. The average Bonchev–Trinajstić information content (AvgIpc) is 2.27. The molecule has 4 heteroatoms. The number of rotatable bonds is 3. The van der Waals surface area contributed by atoms with Crippen molar-refractivity contribution in [2.75, 3.05) is 7.11 Å². The second-order valence-corrected chi connectivity index (χ2v) is 3.58. The molecular formula is C11H13ClNO2+. The first-order chi connectivity index (χ1) is 7.06. The van der Waals surface area contributed by atoms with Gasteiger partial charge in [-0.25, -0.2) is 4.79 Å². The molecule has 15 heavy (non-hydrogen) atoms. The van der Waals surface area contributed by atoms with E-state index in [2.05, 4.69) is 11.5 Å². The van der Waals surface area contributed by atoms with E-state index in [9.17, 15) is 4.79 Å². The second kappa shape index (κ2) is 4.94. The lowest BCUT2D eigenvalue weighted by Gasteiger charge is -2.07. The molecule has 0 amide bonds. The zero-order valence-corrected chi connectivity index (χ0v) is 9.49. The summed E-state index contributed by atoms with van der Waals surface area (Å²) < 4.78 is 6.22. The first-order valence-electron chi connectivity index (χ1n) is 4.49. The average molecular weight is 227 g/mol. The van der Waals surface area contributed by atoms with Crippen LogP contribution < -0.4 is 0 Å². The molecule has 0 aliphatic carbocycles. The number of carbonyl (C=O) groups excluding carboxylic acids is 1. The lowest BCUT2D eigenvalue weighted by molar-refractivity contribution is -0.460. The summed E-state index contributed by atoms with van der Waals surface area (Å²) in [5.41, 5.74) is 0.817. The van der Waals surface area contributed by atoms with Gasteiger partial charge in [0.05, 0.1) is 7.11 Å². The van der Waals surface area contributed by atoms with Crippen LogP contribution in [0.4, 0.5) is 5.69 Å². The van der Waals surface area contributed by atoms with Crippen LogP contribution in [0.5, 0.6) is 0 Å². The summed E-state index contributed by atoms with van der Waals surface area (Å²) in [6.07, 6.45) is 0. The van der Waals surface area contributed by atoms with Gasteiger partial charge < -0.3 is 4.74 Å². The molecule has 0 saturated carbocycles. The standard InChI is InChI=1S/C11H13ClNO2/c1-8(11(14)15-3)13(2)10-6-4-9(12)5-7-10/h4-8H,2H2,1,3H3/q+1. The smallest absolute Gasteiger partial charge is 0.375 e. The number of esters is 1. The number of ether oxygens (including phenoxy) is 1. The van der Waals surface area contributed by atoms with E-state index < -0.39 is 6.04 Å². The summed E-state index contributed by atoms with van der Waals surface area (Å²) >= 11 is 5.76. The van der Waals surface area contributed by atoms with Crippen LogP contribution in [0.1, 0.15) is 6.92 Å². The van der Waals surface area contributed by atoms with Crippen LogP contribution in [0.3, 0.4) is 0 Å². The van der Waals surface area contributed by atoms with E-state index in [4.69, 9.17) is 11.6 Å². The molecule has 1 rings (SSSR count). The van der Waals surface area contributed by atoms with E-state index in [1.54, 1.807) is 35.8 Å². The van der Waals surface area contributed by atoms with Crippen molar-refractivity contribution in [1.29, 1.82) is 0 Å². The molecule has 0 aliphatic rings. The van der Waals surface area contributed by atoms with Gasteiger partial charge in [-0.2, -0.15) is 4.58 Å². The van der Waals surface area contributed by atoms with Crippen molar-refractivity contribution in [3.63, 3.8) is 0 Å². The third kappa shape index (κ3) is 2.80. The van der Waals surface area contributed by atoms with Crippen LogP contribution in [0.2, 0.25) is 5.02 Å². The number of hydrogen-bond acceptors (Lipinski definition) is 2. The van der Waals surface area contributed by atoms with Crippen molar-refractivity contribution in [3.8, 4) is 0 Å². The Kier molecular flexibility index (Phi) is 3.86. The van der Waals surface area contributed by atoms with E-state index in [1.807, 2.05) is 0 Å². The number of nitrogens with zero attached hydrogens (tertiary/aromatic N) is 1. The molecule has 0 saturated heterocycles. The minimum atomic E-state index is -0.420. The van der Waals surface area contributed by atoms with Crippen molar-refractivity contribution in [1.82, 2.24) is 0 Å². The molecule has 1 aromatic carbocycles. The maximum atomic E-state index is 11.3. The van der Waals surface area contributed by atoms with Crippen molar-refractivity contribution < 1.29 is 14.1 Å². The third-order valence-corrected chi connectivity index (χ3v) is 2.42. The van der Waals surface area contributed by atoms with E-state index in [0.717, 1.165) is 5.69 Å². The van der Waals surface area contributed by atoms with Crippen molar-refractivity contribution >= 4 is 30.0 Å². The molecule has 1 aromatic rings. The van der Waals surface area contributed by atoms with Gasteiger partial charge in [0, 0.05) is 24.1 Å². The fourth-order valence-electron chi connectivity index (χ4n) is 1.15. The number of halogens is 1. The maximum absolute atomic E-state index is 11.3. The van der Waals surface area contributed by atoms with Gasteiger partial charge in [-0.15, -0.1) is 0 Å². The van der Waals surface area contributed by atoms with Gasteiger partial charge >= 0.3 is 5.97 Å². The highest BCUT2D eigenvalue weighted by atomic mass is 35.5. The van der Waals surface area contributed by atoms with Crippen molar-refractivity contribution in [2.24, 2.45) is 0 Å². The van der Waals surface area contributed by atoms with Gasteiger partial charge in [-0.1, -0.05) is 11.6 Å². The number of carbonyl (C=O) groups is 1. The molecule has 0 spiro atoms. The van der Waals surface area contributed by atoms with E-state index in [1.165, 1.54) is 7.11 Å². The monoisotopic (exact) mass is 226 g/mol. The Morgan fingerprint density at radius 2 is 2.00 bits per heavy atom. The molecular weight excluding hydrogens is 214 g/mol. The molecule has 0 bridgehead atoms. The van der Waals surface area contributed by atoms with Gasteiger partial charge in [0.1, 0.15) is 6.72 Å². The molecule has 1 unspecified atom stereocenters. The Hall–Kier alpha value is -1.35. The van der Waals surface area contributed by atoms with Crippen LogP contribution in [0, 0.1) is 0 Å². The summed E-state index contributed by atoms with van der Waals surface area (Å²) in [5, 5.41) is 0.651. The highest BCUT2D eigenvalue weighted by Crippen LogP contribution is 2.17. The first-order valence-corrected chi connectivity index (χ1v) is 4.87. The summed E-state index contributed by atoms with van der Waals surface area (Å²) in [7, 11) is 1.36. The molecule has 1 atom stereocenters. The number of hydrogen-bond donors (Lipinski definition) is 0. The van der Waals surface area contributed by atoms with Gasteiger partial charge in [-0.05, 0) is 12.1 Å². The first kappa shape index (κ1) is 11.7. The van der Waals surface area contributed by atoms with Crippen LogP contribution in [0.15, 0.2) is 24.3 Å². The molecule has 3 nitrogen and oxygen atoms in total. The lowest BCUT2D eigenvalue weighted by atomic mass is 10.2. The SMILES string of the molecule is C=[N+](c1ccc(Cl)cc1)C(C)C(=O)OC. The fourth-order valence-corrected chi connectivity index (χ4v) is 1.28. The van der Waals surface area contributed by atoms with E-state index >= 15 is 0 Å². The van der Waals surface area contributed by atoms with Crippen LogP contribution in [0.25, 0.3) is 0 Å². The quantitative estimate of drug-likeness (QED) is 0.450. The topological polar surface area (TPSA) is 29.3 Å². The van der Waals surface area contributed by atoms with Crippen LogP contribution in [-0.4, -0.2) is 30.4 Å². The largest absolute Gasteiger partial charge is 0.464 e. The Balaban J connectivity index is 2.85. The third-order valence-electron chi connectivity index (χ3n) is 2.17. The van der Waals surface area contributed by atoms with Crippen LogP contribution in [-0.2, 0) is 9.53 Å². The number of methoxy groups -OCH3 is 1. The summed E-state index contributed by atoms with van der Waals surface area (Å²) in [4.78, 5) is 11.3. The maximum Gasteiger partial charge on any atom is 0.375 e. The summed E-state index contributed by atoms with van der Waals surface area (Å²) in [6.45, 7) is 5.53. The van der Waals surface area contributed by atoms with Gasteiger partial charge in [0.25, 0.3) is 6.04 Å². The molecule has 80 valence electrons. The Labute approximate surface area is 93.9 Å². The van der Waals surface area contributed by atoms with Crippen LogP contribution >= 0.6 is 11.6 Å². The molecule has 0 fully saturated rings. The molecule has 0 aliphatic heterocycles. The van der Waals surface area contributed by atoms with Crippen molar-refractivity contribution in [3.05, 3.63) is 29.3 Å². The Morgan fingerprint density at radius 3 is 2.47 bits per heavy atom. The lowest BCUT2D eigenvalue weighted by Crippen LogP contribution is -2.28. The highest BCUT2D eigenvalue weighted by molar-refractivity contribution is 6.30. The number of benzene rings is 1. The zero-order valence-electron chi connectivity index (χ0n) is 8.74. The molecule has 0 aromatic heterocycles. The predicted octanol–water partition coefficient (Wildman–Crippen LogP) is 2.25.